The lowest BCUT2D eigenvalue weighted by Gasteiger charge is -2.26. The number of aryl methyl sites for hydroxylation is 2. The molecule has 1 aromatic carbocycles. The zero-order valence-corrected chi connectivity index (χ0v) is 18.7. The van der Waals surface area contributed by atoms with E-state index in [1.165, 1.54) is 6.07 Å². The van der Waals surface area contributed by atoms with E-state index < -0.39 is 12.1 Å². The molecule has 0 aliphatic heterocycles. The summed E-state index contributed by atoms with van der Waals surface area (Å²) in [6.45, 7) is 3.77. The van der Waals surface area contributed by atoms with Crippen LogP contribution in [0.2, 0.25) is 0 Å². The molecule has 1 heterocycles. The molecule has 8 heteroatoms. The number of amides is 2. The molecule has 2 fully saturated rings. The van der Waals surface area contributed by atoms with E-state index in [0.29, 0.717) is 11.3 Å². The number of carbonyl (C=O) groups is 2. The van der Waals surface area contributed by atoms with E-state index >= 15 is 0 Å². The molecule has 2 aliphatic carbocycles. The SMILES string of the molecule is Cc1n[nH]c(C)c1-c1ccc(NC(=O)[C@@H](NC(=O)OC2CC2)C2CCCCCC2)cc1O. The van der Waals surface area contributed by atoms with E-state index in [4.69, 9.17) is 4.74 Å². The van der Waals surface area contributed by atoms with Gasteiger partial charge in [-0.25, -0.2) is 4.79 Å². The second-order valence-corrected chi connectivity index (χ2v) is 9.01. The molecule has 4 rings (SSSR count). The molecule has 1 aromatic heterocycles. The molecule has 8 nitrogen and oxygen atoms in total. The number of ether oxygens (including phenoxy) is 1. The van der Waals surface area contributed by atoms with Gasteiger partial charge in [-0.1, -0.05) is 25.7 Å². The van der Waals surface area contributed by atoms with Crippen molar-refractivity contribution in [2.45, 2.75) is 77.4 Å². The van der Waals surface area contributed by atoms with Gasteiger partial charge in [0, 0.05) is 28.6 Å². The molecule has 1 atom stereocenters. The monoisotopic (exact) mass is 440 g/mol. The number of phenols is 1. The minimum absolute atomic E-state index is 0.0211. The largest absolute Gasteiger partial charge is 0.507 e. The number of phenolic OH excluding ortho intramolecular Hbond substituents is 1. The number of nitrogens with zero attached hydrogens (tertiary/aromatic N) is 1. The molecule has 2 saturated carbocycles. The number of rotatable bonds is 6. The van der Waals surface area contributed by atoms with Crippen LogP contribution in [0, 0.1) is 19.8 Å². The standard InChI is InChI=1S/C24H32N4O4/c1-14-21(15(2)28-27-14)19-12-9-17(13-20(19)29)25-23(30)22(16-7-5-3-4-6-8-16)26-24(31)32-18-10-11-18/h9,12-13,16,18,22,29H,3-8,10-11H2,1-2H3,(H,25,30)(H,26,31)(H,27,28)/t22-/m0/s1. The molecule has 0 spiro atoms. The topological polar surface area (TPSA) is 116 Å². The summed E-state index contributed by atoms with van der Waals surface area (Å²) in [7, 11) is 0. The van der Waals surface area contributed by atoms with Gasteiger partial charge in [0.05, 0.1) is 5.69 Å². The zero-order chi connectivity index (χ0) is 22.7. The van der Waals surface area contributed by atoms with Crippen molar-refractivity contribution in [1.82, 2.24) is 15.5 Å². The molecule has 172 valence electrons. The second-order valence-electron chi connectivity index (χ2n) is 9.01. The Morgan fingerprint density at radius 3 is 2.44 bits per heavy atom. The Bertz CT molecular complexity index is 955. The minimum Gasteiger partial charge on any atom is -0.507 e. The van der Waals surface area contributed by atoms with Gasteiger partial charge in [-0.2, -0.15) is 5.10 Å². The van der Waals surface area contributed by atoms with E-state index in [1.807, 2.05) is 13.8 Å². The first-order valence-electron chi connectivity index (χ1n) is 11.6. The Morgan fingerprint density at radius 2 is 1.84 bits per heavy atom. The number of alkyl carbamates (subject to hydrolysis) is 1. The normalized spacial score (nSPS) is 17.9. The number of aromatic nitrogens is 2. The van der Waals surface area contributed by atoms with Gasteiger partial charge in [0.15, 0.2) is 0 Å². The number of H-pyrrole nitrogens is 1. The second kappa shape index (κ2) is 9.63. The summed E-state index contributed by atoms with van der Waals surface area (Å²) in [6, 6.07) is 4.39. The Kier molecular flexibility index (Phi) is 6.67. The van der Waals surface area contributed by atoms with Crippen LogP contribution >= 0.6 is 0 Å². The third-order valence-electron chi connectivity index (χ3n) is 6.39. The predicted octanol–water partition coefficient (Wildman–Crippen LogP) is 4.57. The Balaban J connectivity index is 1.50. The highest BCUT2D eigenvalue weighted by molar-refractivity contribution is 5.97. The van der Waals surface area contributed by atoms with Gasteiger partial charge in [-0.15, -0.1) is 0 Å². The highest BCUT2D eigenvalue weighted by Crippen LogP contribution is 2.35. The average molecular weight is 441 g/mol. The molecule has 0 saturated heterocycles. The molecule has 0 unspecified atom stereocenters. The number of hydrogen-bond acceptors (Lipinski definition) is 5. The van der Waals surface area contributed by atoms with Crippen LogP contribution in [0.5, 0.6) is 5.75 Å². The lowest BCUT2D eigenvalue weighted by atomic mass is 9.91. The minimum atomic E-state index is -0.667. The van der Waals surface area contributed by atoms with Gasteiger partial charge in [0.25, 0.3) is 0 Å². The third-order valence-corrected chi connectivity index (χ3v) is 6.39. The van der Waals surface area contributed by atoms with Crippen molar-refractivity contribution in [3.63, 3.8) is 0 Å². The summed E-state index contributed by atoms with van der Waals surface area (Å²) < 4.78 is 5.33. The van der Waals surface area contributed by atoms with E-state index in [2.05, 4.69) is 20.8 Å². The number of benzene rings is 1. The maximum atomic E-state index is 13.2. The van der Waals surface area contributed by atoms with Crippen molar-refractivity contribution in [2.75, 3.05) is 5.32 Å². The molecular weight excluding hydrogens is 408 g/mol. The van der Waals surface area contributed by atoms with Gasteiger partial charge in [-0.3, -0.25) is 9.89 Å². The van der Waals surface area contributed by atoms with Crippen molar-refractivity contribution in [1.29, 1.82) is 0 Å². The van der Waals surface area contributed by atoms with Crippen molar-refractivity contribution in [3.8, 4) is 16.9 Å². The third kappa shape index (κ3) is 5.23. The maximum absolute atomic E-state index is 13.2. The van der Waals surface area contributed by atoms with Gasteiger partial charge in [0.2, 0.25) is 5.91 Å². The van der Waals surface area contributed by atoms with Gasteiger partial charge < -0.3 is 20.5 Å². The van der Waals surface area contributed by atoms with Crippen molar-refractivity contribution < 1.29 is 19.4 Å². The van der Waals surface area contributed by atoms with Crippen LogP contribution < -0.4 is 10.6 Å². The van der Waals surface area contributed by atoms with E-state index in [9.17, 15) is 14.7 Å². The number of hydrogen-bond donors (Lipinski definition) is 4. The summed E-state index contributed by atoms with van der Waals surface area (Å²) >= 11 is 0. The molecule has 2 aliphatic rings. The highest BCUT2D eigenvalue weighted by atomic mass is 16.6. The number of nitrogens with one attached hydrogen (secondary N) is 3. The fourth-order valence-corrected chi connectivity index (χ4v) is 4.53. The predicted molar refractivity (Wildman–Crippen MR) is 121 cm³/mol. The van der Waals surface area contributed by atoms with E-state index in [-0.39, 0.29) is 23.7 Å². The van der Waals surface area contributed by atoms with E-state index in [0.717, 1.165) is 68.3 Å². The molecule has 32 heavy (non-hydrogen) atoms. The molecule has 0 radical (unpaired) electrons. The number of aromatic hydroxyl groups is 1. The average Bonchev–Trinajstić information content (AvgIpc) is 3.54. The van der Waals surface area contributed by atoms with Gasteiger partial charge >= 0.3 is 6.09 Å². The number of aromatic amines is 1. The van der Waals surface area contributed by atoms with Crippen LogP contribution in [-0.4, -0.2) is 39.5 Å². The zero-order valence-electron chi connectivity index (χ0n) is 18.7. The fourth-order valence-electron chi connectivity index (χ4n) is 4.53. The highest BCUT2D eigenvalue weighted by Gasteiger charge is 2.33. The fraction of sp³-hybridized carbons (Fsp3) is 0.542. The van der Waals surface area contributed by atoms with Crippen LogP contribution in [0.1, 0.15) is 62.8 Å². The van der Waals surface area contributed by atoms with Crippen LogP contribution in [-0.2, 0) is 9.53 Å². The number of anilines is 1. The molecular formula is C24H32N4O4. The quantitative estimate of drug-likeness (QED) is 0.491. The first-order chi connectivity index (χ1) is 15.4. The van der Waals surface area contributed by atoms with E-state index in [1.54, 1.807) is 12.1 Å². The van der Waals surface area contributed by atoms with Crippen LogP contribution in [0.4, 0.5) is 10.5 Å². The maximum Gasteiger partial charge on any atom is 0.408 e. The Labute approximate surface area is 188 Å². The number of carbonyl (C=O) groups excluding carboxylic acids is 2. The Hall–Kier alpha value is -3.03. The van der Waals surface area contributed by atoms with Crippen molar-refractivity contribution in [3.05, 3.63) is 29.6 Å². The summed E-state index contributed by atoms with van der Waals surface area (Å²) in [6.07, 6.45) is 7.41. The lowest BCUT2D eigenvalue weighted by molar-refractivity contribution is -0.119. The Morgan fingerprint density at radius 1 is 1.12 bits per heavy atom. The van der Waals surface area contributed by atoms with Crippen LogP contribution in [0.25, 0.3) is 11.1 Å². The first-order valence-corrected chi connectivity index (χ1v) is 11.6. The lowest BCUT2D eigenvalue weighted by Crippen LogP contribution is -2.48. The van der Waals surface area contributed by atoms with Crippen LogP contribution in [0.3, 0.4) is 0 Å². The van der Waals surface area contributed by atoms with Gasteiger partial charge in [-0.05, 0) is 57.6 Å². The molecule has 2 amide bonds. The van der Waals surface area contributed by atoms with Crippen LogP contribution in [0.15, 0.2) is 18.2 Å². The summed E-state index contributed by atoms with van der Waals surface area (Å²) in [5, 5.41) is 23.4. The molecule has 4 N–H and O–H groups in total. The summed E-state index contributed by atoms with van der Waals surface area (Å²) in [5.41, 5.74) is 3.63. The molecule has 0 bridgehead atoms. The van der Waals surface area contributed by atoms with Gasteiger partial charge in [0.1, 0.15) is 17.9 Å². The summed E-state index contributed by atoms with van der Waals surface area (Å²) in [5.74, 6) is -0.164. The smallest absolute Gasteiger partial charge is 0.408 e. The summed E-state index contributed by atoms with van der Waals surface area (Å²) in [4.78, 5) is 25.5. The first kappa shape index (κ1) is 22.2. The van der Waals surface area contributed by atoms with Crippen molar-refractivity contribution >= 4 is 17.7 Å². The molecule has 2 aromatic rings. The van der Waals surface area contributed by atoms with Crippen molar-refractivity contribution in [2.24, 2.45) is 5.92 Å².